The van der Waals surface area contributed by atoms with Crippen LogP contribution in [0.25, 0.3) is 0 Å². The van der Waals surface area contributed by atoms with Crippen molar-refractivity contribution in [3.8, 4) is 0 Å². The third-order valence-electron chi connectivity index (χ3n) is 3.18. The lowest BCUT2D eigenvalue weighted by molar-refractivity contribution is -0.148. The molecule has 2 aliphatic carbocycles. The molecule has 0 aromatic carbocycles. The summed E-state index contributed by atoms with van der Waals surface area (Å²) in [5, 5.41) is 0. The van der Waals surface area contributed by atoms with E-state index in [1.807, 2.05) is 0 Å². The number of rotatable bonds is 1. The van der Waals surface area contributed by atoms with E-state index in [1.165, 1.54) is 20.0 Å². The number of methoxy groups -OCH3 is 1. The summed E-state index contributed by atoms with van der Waals surface area (Å²) in [6, 6.07) is 0. The van der Waals surface area contributed by atoms with Crippen LogP contribution < -0.4 is 0 Å². The summed E-state index contributed by atoms with van der Waals surface area (Å²) >= 11 is 0. The molecule has 1 atom stereocenters. The molecule has 0 aliphatic heterocycles. The van der Waals surface area contributed by atoms with Crippen LogP contribution in [0.5, 0.6) is 0 Å². The molecule has 12 heavy (non-hydrogen) atoms. The van der Waals surface area contributed by atoms with E-state index in [-0.39, 0.29) is 11.9 Å². The van der Waals surface area contributed by atoms with Crippen LogP contribution in [0.2, 0.25) is 0 Å². The second-order valence-corrected chi connectivity index (χ2v) is 3.85. The maximum absolute atomic E-state index is 11.4. The Morgan fingerprint density at radius 2 is 2.25 bits per heavy atom. The van der Waals surface area contributed by atoms with Crippen molar-refractivity contribution in [2.45, 2.75) is 25.7 Å². The number of hydrogen-bond donors (Lipinski definition) is 0. The number of esters is 1. The molecule has 0 N–H and O–H groups in total. The van der Waals surface area contributed by atoms with Crippen molar-refractivity contribution < 1.29 is 9.53 Å². The van der Waals surface area contributed by atoms with Crippen LogP contribution >= 0.6 is 0 Å². The average Bonchev–Trinajstić information content (AvgIpc) is 2.85. The minimum atomic E-state index is -0.0168. The molecule has 0 aromatic rings. The van der Waals surface area contributed by atoms with Crippen molar-refractivity contribution in [3.63, 3.8) is 0 Å². The van der Waals surface area contributed by atoms with Gasteiger partial charge in [-0.2, -0.15) is 0 Å². The zero-order chi connectivity index (χ0) is 8.60. The van der Waals surface area contributed by atoms with Gasteiger partial charge < -0.3 is 4.74 Å². The summed E-state index contributed by atoms with van der Waals surface area (Å²) in [6.07, 6.45) is 8.67. The molecule has 2 rings (SSSR count). The molecule has 0 radical (unpaired) electrons. The third-order valence-corrected chi connectivity index (χ3v) is 3.18. The first-order valence-corrected chi connectivity index (χ1v) is 4.51. The number of allylic oxidation sites excluding steroid dienone is 2. The third kappa shape index (κ3) is 1.06. The molecular formula is C10H14O2. The van der Waals surface area contributed by atoms with Crippen molar-refractivity contribution in [3.05, 3.63) is 12.2 Å². The molecule has 2 heteroatoms. The molecule has 0 aromatic heterocycles. The van der Waals surface area contributed by atoms with Gasteiger partial charge in [-0.25, -0.2) is 0 Å². The summed E-state index contributed by atoms with van der Waals surface area (Å²) in [4.78, 5) is 11.4. The van der Waals surface area contributed by atoms with Gasteiger partial charge in [-0.15, -0.1) is 0 Å². The fraction of sp³-hybridized carbons (Fsp3) is 0.700. The molecule has 0 saturated heterocycles. The zero-order valence-electron chi connectivity index (χ0n) is 7.38. The van der Waals surface area contributed by atoms with Crippen LogP contribution in [0.1, 0.15) is 25.7 Å². The molecule has 1 spiro atoms. The van der Waals surface area contributed by atoms with Gasteiger partial charge in [-0.3, -0.25) is 4.79 Å². The first-order chi connectivity index (χ1) is 5.78. The summed E-state index contributed by atoms with van der Waals surface area (Å²) < 4.78 is 4.79. The Kier molecular flexibility index (Phi) is 1.71. The highest BCUT2D eigenvalue weighted by Crippen LogP contribution is 2.58. The molecule has 1 saturated carbocycles. The molecular weight excluding hydrogens is 152 g/mol. The fourth-order valence-electron chi connectivity index (χ4n) is 2.14. The van der Waals surface area contributed by atoms with Gasteiger partial charge in [-0.05, 0) is 31.1 Å². The second-order valence-electron chi connectivity index (χ2n) is 3.85. The molecule has 0 bridgehead atoms. The van der Waals surface area contributed by atoms with Gasteiger partial charge in [-0.1, -0.05) is 12.2 Å². The van der Waals surface area contributed by atoms with E-state index >= 15 is 0 Å². The van der Waals surface area contributed by atoms with Crippen molar-refractivity contribution >= 4 is 5.97 Å². The lowest BCUT2D eigenvalue weighted by Gasteiger charge is -2.25. The van der Waals surface area contributed by atoms with Gasteiger partial charge in [0.1, 0.15) is 0 Å². The highest BCUT2D eigenvalue weighted by atomic mass is 16.5. The van der Waals surface area contributed by atoms with Gasteiger partial charge in [0.15, 0.2) is 0 Å². The molecule has 0 amide bonds. The van der Waals surface area contributed by atoms with Gasteiger partial charge in [0.05, 0.1) is 13.0 Å². The van der Waals surface area contributed by atoms with E-state index in [0.717, 1.165) is 12.8 Å². The lowest BCUT2D eigenvalue weighted by atomic mass is 9.80. The maximum Gasteiger partial charge on any atom is 0.309 e. The first kappa shape index (κ1) is 7.84. The smallest absolute Gasteiger partial charge is 0.309 e. The highest BCUT2D eigenvalue weighted by molar-refractivity contribution is 5.74. The molecule has 2 nitrogen and oxygen atoms in total. The van der Waals surface area contributed by atoms with E-state index in [2.05, 4.69) is 12.2 Å². The van der Waals surface area contributed by atoms with Gasteiger partial charge in [0, 0.05) is 0 Å². The van der Waals surface area contributed by atoms with Crippen molar-refractivity contribution in [1.82, 2.24) is 0 Å². The lowest BCUT2D eigenvalue weighted by Crippen LogP contribution is -2.27. The van der Waals surface area contributed by atoms with E-state index in [4.69, 9.17) is 4.74 Å². The minimum Gasteiger partial charge on any atom is -0.469 e. The largest absolute Gasteiger partial charge is 0.469 e. The molecule has 0 unspecified atom stereocenters. The summed E-state index contributed by atoms with van der Waals surface area (Å²) in [5.41, 5.74) is 0.307. The Morgan fingerprint density at radius 1 is 1.50 bits per heavy atom. The van der Waals surface area contributed by atoms with Crippen molar-refractivity contribution in [2.75, 3.05) is 7.11 Å². The Hall–Kier alpha value is -0.790. The van der Waals surface area contributed by atoms with E-state index < -0.39 is 0 Å². The second kappa shape index (κ2) is 2.61. The Morgan fingerprint density at radius 3 is 2.83 bits per heavy atom. The summed E-state index contributed by atoms with van der Waals surface area (Å²) in [5.74, 6) is 0.129. The standard InChI is InChI=1S/C10H14O2/c1-12-9(11)8-4-2-3-5-10(8)6-7-10/h2-3,8H,4-7H2,1H3/t8-/m0/s1. The topological polar surface area (TPSA) is 26.3 Å². The maximum atomic E-state index is 11.4. The summed E-state index contributed by atoms with van der Waals surface area (Å²) in [7, 11) is 1.48. The highest BCUT2D eigenvalue weighted by Gasteiger charge is 2.52. The van der Waals surface area contributed by atoms with E-state index in [9.17, 15) is 4.79 Å². The Bertz CT molecular complexity index is 226. The fourth-order valence-corrected chi connectivity index (χ4v) is 2.14. The molecule has 66 valence electrons. The quantitative estimate of drug-likeness (QED) is 0.439. The van der Waals surface area contributed by atoms with Crippen molar-refractivity contribution in [2.24, 2.45) is 11.3 Å². The van der Waals surface area contributed by atoms with Gasteiger partial charge in [0.2, 0.25) is 0 Å². The van der Waals surface area contributed by atoms with Crippen molar-refractivity contribution in [1.29, 1.82) is 0 Å². The number of hydrogen-bond acceptors (Lipinski definition) is 2. The van der Waals surface area contributed by atoms with E-state index in [1.54, 1.807) is 0 Å². The molecule has 2 aliphatic rings. The summed E-state index contributed by atoms with van der Waals surface area (Å²) in [6.45, 7) is 0. The SMILES string of the molecule is COC(=O)[C@@H]1CC=CCC12CC2. The normalized spacial score (nSPS) is 30.2. The van der Waals surface area contributed by atoms with Crippen LogP contribution in [0.15, 0.2) is 12.2 Å². The average molecular weight is 166 g/mol. The number of carbonyl (C=O) groups is 1. The molecule has 1 fully saturated rings. The predicted molar refractivity (Wildman–Crippen MR) is 45.5 cm³/mol. The molecule has 0 heterocycles. The minimum absolute atomic E-state index is 0.0168. The van der Waals surface area contributed by atoms with Crippen LogP contribution in [-0.4, -0.2) is 13.1 Å². The van der Waals surface area contributed by atoms with Gasteiger partial charge >= 0.3 is 5.97 Å². The van der Waals surface area contributed by atoms with Crippen LogP contribution in [0.3, 0.4) is 0 Å². The zero-order valence-corrected chi connectivity index (χ0v) is 7.38. The van der Waals surface area contributed by atoms with E-state index in [0.29, 0.717) is 5.41 Å². The van der Waals surface area contributed by atoms with Gasteiger partial charge in [0.25, 0.3) is 0 Å². The van der Waals surface area contributed by atoms with Crippen LogP contribution in [0, 0.1) is 11.3 Å². The number of ether oxygens (including phenoxy) is 1. The predicted octanol–water partition coefficient (Wildman–Crippen LogP) is 1.91. The van der Waals surface area contributed by atoms with Crippen LogP contribution in [0.4, 0.5) is 0 Å². The monoisotopic (exact) mass is 166 g/mol. The number of carbonyl (C=O) groups excluding carboxylic acids is 1. The Labute approximate surface area is 72.6 Å². The first-order valence-electron chi connectivity index (χ1n) is 4.51. The van der Waals surface area contributed by atoms with Crippen LogP contribution in [-0.2, 0) is 9.53 Å². The Balaban J connectivity index is 2.13.